The first-order chi connectivity index (χ1) is 52.3. The summed E-state index contributed by atoms with van der Waals surface area (Å²) in [6.07, 6.45) is 5.49. The molecule has 0 saturated carbocycles. The van der Waals surface area contributed by atoms with E-state index in [0.717, 1.165) is 128 Å². The zero-order valence-corrected chi connectivity index (χ0v) is 62.8. The molecule has 2 aliphatic heterocycles. The molecule has 525 valence electrons. The molecule has 0 saturated heterocycles. The number of thiophene rings is 1. The molecule has 10 heterocycles. The van der Waals surface area contributed by atoms with E-state index in [-0.39, 0.29) is 34.1 Å². The van der Waals surface area contributed by atoms with Gasteiger partial charge in [-0.3, -0.25) is 13.8 Å². The van der Waals surface area contributed by atoms with Gasteiger partial charge in [0.15, 0.2) is 25.6 Å². The Morgan fingerprint density at radius 3 is 1.90 bits per heavy atom. The third-order valence-electron chi connectivity index (χ3n) is 20.7. The molecule has 0 atom stereocenters. The van der Waals surface area contributed by atoms with Crippen LogP contribution in [-0.4, -0.2) is 35.5 Å². The van der Waals surface area contributed by atoms with Gasteiger partial charge in [0.05, 0.1) is 51.3 Å². The van der Waals surface area contributed by atoms with Gasteiger partial charge < -0.3 is 28.2 Å². The number of oxazole rings is 2. The fraction of sp³-hybridized carbons (Fsp3) is 0.0337. The van der Waals surface area contributed by atoms with Crippen LogP contribution in [0.4, 0.5) is 51.5 Å². The van der Waals surface area contributed by atoms with Gasteiger partial charge in [0.25, 0.3) is 0 Å². The van der Waals surface area contributed by atoms with Crippen LogP contribution in [0.25, 0.3) is 115 Å². The number of hydrogen-bond acceptors (Lipinski definition) is 10. The fourth-order valence-electron chi connectivity index (χ4n) is 16.0. The Hall–Kier alpha value is -11.9. The molecule has 108 heavy (non-hydrogen) atoms. The predicted molar refractivity (Wildman–Crippen MR) is 439 cm³/mol. The second-order valence-electron chi connectivity index (χ2n) is 26.8. The summed E-state index contributed by atoms with van der Waals surface area (Å²) in [7, 11) is 3.10. The number of aromatic nitrogens is 8. The van der Waals surface area contributed by atoms with E-state index in [4.69, 9.17) is 23.8 Å². The second-order valence-corrected chi connectivity index (χ2v) is 32.4. The minimum Gasteiger partial charge on any atom is -0.443 e. The third-order valence-corrected chi connectivity index (χ3v) is 27.0. The van der Waals surface area contributed by atoms with E-state index in [1.807, 2.05) is 36.1 Å². The van der Waals surface area contributed by atoms with Gasteiger partial charge in [-0.1, -0.05) is 162 Å². The maximum atomic E-state index is 6.89. The largest absolute Gasteiger partial charge is 2.00 e. The van der Waals surface area contributed by atoms with Gasteiger partial charge >= 0.3 is 40.2 Å². The summed E-state index contributed by atoms with van der Waals surface area (Å²) in [5.41, 5.74) is 21.3. The fourth-order valence-corrected chi connectivity index (χ4v) is 22.5. The number of para-hydroxylation sites is 7. The molecule has 20 aromatic rings. The Morgan fingerprint density at radius 2 is 1.17 bits per heavy atom. The van der Waals surface area contributed by atoms with Gasteiger partial charge in [-0.05, 0) is 149 Å². The average Bonchev–Trinajstić information content (AvgIpc) is 1.51. The molecule has 14 nitrogen and oxygen atoms in total. The maximum absolute atomic E-state index is 6.89. The third kappa shape index (κ3) is 10.6. The Labute approximate surface area is 648 Å². The number of anilines is 9. The van der Waals surface area contributed by atoms with Gasteiger partial charge in [0.1, 0.15) is 63.0 Å². The Kier molecular flexibility index (Phi) is 16.6. The predicted octanol–water partition coefficient (Wildman–Crippen LogP) is 19.8. The molecule has 8 aromatic heterocycles. The van der Waals surface area contributed by atoms with Crippen molar-refractivity contribution in [1.29, 1.82) is 0 Å². The molecular formula is C89H62Cu2N12O2P2S+3. The molecule has 0 unspecified atom stereocenters. The molecule has 0 aliphatic carbocycles. The number of imidazole rings is 1. The van der Waals surface area contributed by atoms with E-state index in [9.17, 15) is 0 Å². The zero-order valence-electron chi connectivity index (χ0n) is 58.1. The number of hydrogen-bond donors (Lipinski definition) is 1. The Bertz CT molecular complexity index is 6800. The SMILES string of the molecule is CN1c2ccc(-c3cn(C)c4c3[n-]c[n+]4C)[c-]c2N(c2nc3c4c(ccc3o2)Nc2ccccc2N4[PH+](c2ccccc2)c2ccccc2)c2ccccc21.[Cu+2].[Cu+].[c-]1c(-n2c3ccccc3c3ccc(-c4cccc5ocnc45)nc32)sc2ccc3c4ccccc4n([PH+](c4ccccc4)c4ccccc4)c3c12. The summed E-state index contributed by atoms with van der Waals surface area (Å²) < 4.78 is 25.3. The summed E-state index contributed by atoms with van der Waals surface area (Å²) in [4.78, 5) is 24.4. The summed E-state index contributed by atoms with van der Waals surface area (Å²) in [5, 5.41) is 15.9. The quantitative estimate of drug-likeness (QED) is 0.0613. The van der Waals surface area contributed by atoms with Gasteiger partial charge in [0.2, 0.25) is 0 Å². The first kappa shape index (κ1) is 66.8. The first-order valence-corrected chi connectivity index (χ1v) is 38.9. The van der Waals surface area contributed by atoms with Crippen molar-refractivity contribution >= 4 is 187 Å². The molecule has 0 amide bonds. The molecule has 0 spiro atoms. The standard InChI is InChI=1S/C45H34N8OP.C44H26N4OPS.2Cu/c1-49-27-32(41-44(49)50(2)28-46-41)29-22-24-37-39(26-29)52(38-21-13-12-20-36(38)51(37)3)45-48-42-40(54-45)25-23-34-43(42)53(35-19-11-10-18-33(35)47-34)55(30-14-6-4-7-15-30)31-16-8-5-9-17-31;1-3-12-28(13-4-1)50(29-14-5-2-6-15-29)48-38-20-10-8-16-30(38)32-23-25-40-35(43(32)48)26-41(51-40)47-37-19-9-7-17-31(37)33-22-24-36(46-44(33)47)34-18-11-21-39-42(34)45-27-49-39;;/h4-25,27-28,47H,1-3H3;1-25,27H;;/q2*-1;+1;+2/p+2. The van der Waals surface area contributed by atoms with Crippen LogP contribution in [-0.2, 0) is 48.2 Å². The second kappa shape index (κ2) is 26.9. The number of fused-ring (bicyclic) bond motifs is 16. The van der Waals surface area contributed by atoms with E-state index >= 15 is 0 Å². The number of aryl methyl sites for hydroxylation is 2. The molecule has 1 radical (unpaired) electrons. The molecule has 12 aromatic carbocycles. The summed E-state index contributed by atoms with van der Waals surface area (Å²) in [6.45, 7) is 0. The van der Waals surface area contributed by atoms with Crippen LogP contribution < -0.4 is 50.6 Å². The number of nitrogens with zero attached hydrogens (tertiary/aromatic N) is 11. The van der Waals surface area contributed by atoms with Crippen LogP contribution in [0.15, 0.2) is 313 Å². The summed E-state index contributed by atoms with van der Waals surface area (Å²) in [6, 6.07) is 110. The van der Waals surface area contributed by atoms with Gasteiger partial charge in [-0.2, -0.15) is 4.98 Å². The van der Waals surface area contributed by atoms with E-state index in [1.165, 1.54) is 54.1 Å². The van der Waals surface area contributed by atoms with Crippen molar-refractivity contribution in [3.8, 4) is 27.4 Å². The van der Waals surface area contributed by atoms with E-state index < -0.39 is 16.1 Å². The van der Waals surface area contributed by atoms with Crippen LogP contribution in [0.3, 0.4) is 0 Å². The average molecular weight is 1550 g/mol. The first-order valence-electron chi connectivity index (χ1n) is 35.2. The van der Waals surface area contributed by atoms with Crippen molar-refractivity contribution in [2.75, 3.05) is 26.8 Å². The van der Waals surface area contributed by atoms with E-state index in [0.29, 0.717) is 11.6 Å². The molecule has 22 rings (SSSR count). The number of pyridine rings is 1. The molecule has 0 bridgehead atoms. The summed E-state index contributed by atoms with van der Waals surface area (Å²) >= 11 is 1.77. The van der Waals surface area contributed by atoms with Gasteiger partial charge in [0, 0.05) is 42.5 Å². The zero-order chi connectivity index (χ0) is 70.3. The molecule has 0 fully saturated rings. The Balaban J connectivity index is 0.000000145. The van der Waals surface area contributed by atoms with Crippen molar-refractivity contribution in [2.45, 2.75) is 0 Å². The van der Waals surface area contributed by atoms with Gasteiger partial charge in [-0.15, -0.1) is 41.3 Å². The van der Waals surface area contributed by atoms with Crippen LogP contribution in [0.1, 0.15) is 0 Å². The minimum absolute atomic E-state index is 0. The molecule has 1 N–H and O–H groups in total. The maximum Gasteiger partial charge on any atom is 2.00 e. The van der Waals surface area contributed by atoms with Crippen LogP contribution in [0, 0.1) is 12.1 Å². The van der Waals surface area contributed by atoms with Crippen molar-refractivity contribution in [3.05, 3.63) is 316 Å². The monoisotopic (exact) mass is 1550 g/mol. The minimum atomic E-state index is -1.61. The van der Waals surface area contributed by atoms with E-state index in [1.54, 1.807) is 11.3 Å². The molecule has 2 aliphatic rings. The van der Waals surface area contributed by atoms with Crippen LogP contribution in [0.2, 0.25) is 0 Å². The number of nitrogens with one attached hydrogen (secondary N) is 1. The van der Waals surface area contributed by atoms with Crippen molar-refractivity contribution in [1.82, 2.24) is 33.4 Å². The van der Waals surface area contributed by atoms with E-state index in [2.05, 4.69) is 338 Å². The molecular weight excluding hydrogens is 1490 g/mol. The van der Waals surface area contributed by atoms with Crippen molar-refractivity contribution in [3.63, 3.8) is 0 Å². The number of benzene rings is 12. The van der Waals surface area contributed by atoms with Crippen molar-refractivity contribution in [2.24, 2.45) is 14.1 Å². The normalized spacial score (nSPS) is 12.4. The van der Waals surface area contributed by atoms with Crippen molar-refractivity contribution < 1.29 is 47.5 Å². The van der Waals surface area contributed by atoms with Gasteiger partial charge in [-0.25, -0.2) is 31.0 Å². The number of rotatable bonds is 10. The summed E-state index contributed by atoms with van der Waals surface area (Å²) in [5.74, 6) is 0. The van der Waals surface area contributed by atoms with Crippen LogP contribution >= 0.6 is 27.5 Å². The molecule has 19 heteroatoms. The topological polar surface area (TPSA) is 119 Å². The van der Waals surface area contributed by atoms with Crippen LogP contribution in [0.5, 0.6) is 0 Å². The Morgan fingerprint density at radius 1 is 0.528 bits per heavy atom. The smallest absolute Gasteiger partial charge is 0.443 e.